The van der Waals surface area contributed by atoms with Gasteiger partial charge in [0.2, 0.25) is 11.9 Å². The molecule has 22 heavy (non-hydrogen) atoms. The van der Waals surface area contributed by atoms with E-state index >= 15 is 0 Å². The van der Waals surface area contributed by atoms with Crippen LogP contribution in [0.3, 0.4) is 0 Å². The Morgan fingerprint density at radius 2 is 2.05 bits per heavy atom. The standard InChI is InChI=1S/C14H13N5O3/c1-8-2-3-9-10(6-8)13(22)19(12(9)21)5-4-11(20)17-14-15-7-16-18-14/h2-3,6-7H,4-5H2,1H3,(H2,15,16,17,18,20). The molecule has 112 valence electrons. The summed E-state index contributed by atoms with van der Waals surface area (Å²) in [7, 11) is 0. The molecule has 0 bridgehead atoms. The minimum Gasteiger partial charge on any atom is -0.295 e. The summed E-state index contributed by atoms with van der Waals surface area (Å²) in [4.78, 5) is 41.0. The molecule has 0 fully saturated rings. The van der Waals surface area contributed by atoms with Crippen LogP contribution in [-0.2, 0) is 4.79 Å². The van der Waals surface area contributed by atoms with Gasteiger partial charge < -0.3 is 0 Å². The molecule has 3 rings (SSSR count). The lowest BCUT2D eigenvalue weighted by molar-refractivity contribution is -0.116. The number of carbonyl (C=O) groups is 3. The van der Waals surface area contributed by atoms with Crippen molar-refractivity contribution in [2.75, 3.05) is 11.9 Å². The van der Waals surface area contributed by atoms with Crippen LogP contribution in [-0.4, -0.2) is 44.3 Å². The first-order chi connectivity index (χ1) is 10.6. The van der Waals surface area contributed by atoms with E-state index < -0.39 is 0 Å². The van der Waals surface area contributed by atoms with E-state index in [0.29, 0.717) is 11.1 Å². The molecule has 1 aliphatic rings. The fourth-order valence-corrected chi connectivity index (χ4v) is 2.28. The highest BCUT2D eigenvalue weighted by Gasteiger charge is 2.35. The quantitative estimate of drug-likeness (QED) is 0.809. The predicted molar refractivity (Wildman–Crippen MR) is 76.2 cm³/mol. The average Bonchev–Trinajstić information content (AvgIpc) is 3.06. The van der Waals surface area contributed by atoms with Crippen LogP contribution < -0.4 is 5.32 Å². The lowest BCUT2D eigenvalue weighted by atomic mass is 10.1. The second-order valence-electron chi connectivity index (χ2n) is 4.94. The van der Waals surface area contributed by atoms with E-state index in [4.69, 9.17) is 0 Å². The van der Waals surface area contributed by atoms with Gasteiger partial charge >= 0.3 is 0 Å². The summed E-state index contributed by atoms with van der Waals surface area (Å²) >= 11 is 0. The molecule has 0 saturated heterocycles. The van der Waals surface area contributed by atoms with Crippen LogP contribution in [0.2, 0.25) is 0 Å². The minimum absolute atomic E-state index is 0.00878. The minimum atomic E-state index is -0.368. The van der Waals surface area contributed by atoms with Gasteiger partial charge in [0.05, 0.1) is 11.1 Å². The molecule has 2 N–H and O–H groups in total. The fraction of sp³-hybridized carbons (Fsp3) is 0.214. The number of H-pyrrole nitrogens is 1. The number of nitrogens with zero attached hydrogens (tertiary/aromatic N) is 3. The van der Waals surface area contributed by atoms with Gasteiger partial charge in [0, 0.05) is 13.0 Å². The third-order valence-corrected chi connectivity index (χ3v) is 3.36. The normalized spacial score (nSPS) is 13.4. The molecule has 1 aliphatic heterocycles. The first kappa shape index (κ1) is 13.9. The highest BCUT2D eigenvalue weighted by molar-refractivity contribution is 6.21. The Kier molecular flexibility index (Phi) is 3.42. The second-order valence-corrected chi connectivity index (χ2v) is 4.94. The van der Waals surface area contributed by atoms with E-state index in [1.165, 1.54) is 6.33 Å². The van der Waals surface area contributed by atoms with E-state index in [1.807, 2.05) is 6.92 Å². The summed E-state index contributed by atoms with van der Waals surface area (Å²) in [6, 6.07) is 5.10. The Balaban J connectivity index is 1.66. The monoisotopic (exact) mass is 299 g/mol. The van der Waals surface area contributed by atoms with Crippen LogP contribution in [0.5, 0.6) is 0 Å². The molecular weight excluding hydrogens is 286 g/mol. The lowest BCUT2D eigenvalue weighted by Gasteiger charge is -2.12. The van der Waals surface area contributed by atoms with Crippen molar-refractivity contribution < 1.29 is 14.4 Å². The number of aromatic amines is 1. The number of anilines is 1. The lowest BCUT2D eigenvalue weighted by Crippen LogP contribution is -2.33. The number of rotatable bonds is 4. The maximum Gasteiger partial charge on any atom is 0.261 e. The van der Waals surface area contributed by atoms with Gasteiger partial charge in [0.15, 0.2) is 0 Å². The smallest absolute Gasteiger partial charge is 0.261 e. The summed E-state index contributed by atoms with van der Waals surface area (Å²) in [5.74, 6) is -0.865. The van der Waals surface area contributed by atoms with Crippen molar-refractivity contribution in [1.29, 1.82) is 0 Å². The van der Waals surface area contributed by atoms with Gasteiger partial charge in [-0.05, 0) is 19.1 Å². The largest absolute Gasteiger partial charge is 0.295 e. The van der Waals surface area contributed by atoms with Gasteiger partial charge in [-0.2, -0.15) is 10.1 Å². The Morgan fingerprint density at radius 1 is 1.27 bits per heavy atom. The molecule has 8 heteroatoms. The Hall–Kier alpha value is -3.03. The maximum absolute atomic E-state index is 12.2. The van der Waals surface area contributed by atoms with E-state index in [2.05, 4.69) is 20.5 Å². The average molecular weight is 299 g/mol. The molecular formula is C14H13N5O3. The molecule has 0 atom stereocenters. The Bertz CT molecular complexity index is 754. The number of hydrogen-bond donors (Lipinski definition) is 2. The molecule has 2 aromatic rings. The predicted octanol–water partition coefficient (Wildman–Crippen LogP) is 0.738. The molecule has 0 spiro atoms. The zero-order chi connectivity index (χ0) is 15.7. The zero-order valence-electron chi connectivity index (χ0n) is 11.8. The Labute approximate surface area is 125 Å². The van der Waals surface area contributed by atoms with Gasteiger partial charge in [-0.15, -0.1) is 0 Å². The number of fused-ring (bicyclic) bond motifs is 1. The third-order valence-electron chi connectivity index (χ3n) is 3.36. The molecule has 2 heterocycles. The molecule has 0 radical (unpaired) electrons. The molecule has 0 unspecified atom stereocenters. The van der Waals surface area contributed by atoms with Crippen LogP contribution in [0.15, 0.2) is 24.5 Å². The Morgan fingerprint density at radius 3 is 2.77 bits per heavy atom. The zero-order valence-corrected chi connectivity index (χ0v) is 11.8. The molecule has 3 amide bonds. The van der Waals surface area contributed by atoms with Crippen LogP contribution in [0.1, 0.15) is 32.7 Å². The van der Waals surface area contributed by atoms with Gasteiger partial charge in [0.1, 0.15) is 6.33 Å². The van der Waals surface area contributed by atoms with Crippen molar-refractivity contribution >= 4 is 23.7 Å². The first-order valence-corrected chi connectivity index (χ1v) is 6.68. The number of nitrogens with one attached hydrogen (secondary N) is 2. The van der Waals surface area contributed by atoms with Crippen molar-refractivity contribution in [2.45, 2.75) is 13.3 Å². The number of hydrogen-bond acceptors (Lipinski definition) is 5. The van der Waals surface area contributed by atoms with Crippen LogP contribution in [0, 0.1) is 6.92 Å². The molecule has 1 aromatic heterocycles. The molecule has 8 nitrogen and oxygen atoms in total. The van der Waals surface area contributed by atoms with Crippen LogP contribution in [0.25, 0.3) is 0 Å². The van der Waals surface area contributed by atoms with Crippen molar-refractivity contribution in [3.63, 3.8) is 0 Å². The van der Waals surface area contributed by atoms with Crippen LogP contribution >= 0.6 is 0 Å². The van der Waals surface area contributed by atoms with Crippen LogP contribution in [0.4, 0.5) is 5.95 Å². The topological polar surface area (TPSA) is 108 Å². The molecule has 1 aromatic carbocycles. The van der Waals surface area contributed by atoms with E-state index in [1.54, 1.807) is 18.2 Å². The van der Waals surface area contributed by atoms with E-state index in [0.717, 1.165) is 10.5 Å². The summed E-state index contributed by atoms with van der Waals surface area (Å²) in [6.07, 6.45) is 1.26. The number of carbonyl (C=O) groups excluding carboxylic acids is 3. The van der Waals surface area contributed by atoms with Gasteiger partial charge in [-0.3, -0.25) is 24.6 Å². The van der Waals surface area contributed by atoms with Crippen molar-refractivity contribution in [1.82, 2.24) is 20.1 Å². The number of aryl methyl sites for hydroxylation is 1. The number of benzene rings is 1. The summed E-state index contributed by atoms with van der Waals surface area (Å²) in [5.41, 5.74) is 1.68. The SMILES string of the molecule is Cc1ccc2c(c1)C(=O)N(CCC(=O)Nc1ncn[nH]1)C2=O. The van der Waals surface area contributed by atoms with Gasteiger partial charge in [-0.1, -0.05) is 11.6 Å². The number of aromatic nitrogens is 3. The highest BCUT2D eigenvalue weighted by Crippen LogP contribution is 2.23. The number of amides is 3. The highest BCUT2D eigenvalue weighted by atomic mass is 16.2. The molecule has 0 saturated carbocycles. The van der Waals surface area contributed by atoms with Crippen molar-refractivity contribution in [3.05, 3.63) is 41.2 Å². The summed E-state index contributed by atoms with van der Waals surface area (Å²) in [6.45, 7) is 1.87. The van der Waals surface area contributed by atoms with E-state index in [9.17, 15) is 14.4 Å². The summed E-state index contributed by atoms with van der Waals surface area (Å²) < 4.78 is 0. The second kappa shape index (κ2) is 5.40. The van der Waals surface area contributed by atoms with Gasteiger partial charge in [0.25, 0.3) is 11.8 Å². The third kappa shape index (κ3) is 2.46. The number of imide groups is 1. The summed E-state index contributed by atoms with van der Waals surface area (Å²) in [5, 5.41) is 8.58. The van der Waals surface area contributed by atoms with Gasteiger partial charge in [-0.25, -0.2) is 5.10 Å². The van der Waals surface area contributed by atoms with E-state index in [-0.39, 0.29) is 36.6 Å². The van der Waals surface area contributed by atoms with Crippen molar-refractivity contribution in [3.8, 4) is 0 Å². The fourth-order valence-electron chi connectivity index (χ4n) is 2.28. The first-order valence-electron chi connectivity index (χ1n) is 6.68. The molecule has 0 aliphatic carbocycles. The van der Waals surface area contributed by atoms with Crippen molar-refractivity contribution in [2.24, 2.45) is 0 Å². The maximum atomic E-state index is 12.2.